The Labute approximate surface area is 78.1 Å². The molecule has 0 aliphatic heterocycles. The summed E-state index contributed by atoms with van der Waals surface area (Å²) < 4.78 is 23.4. The fourth-order valence-electron chi connectivity index (χ4n) is 0.934. The van der Waals surface area contributed by atoms with Crippen LogP contribution in [-0.4, -0.2) is 15.0 Å². The Kier molecular flexibility index (Phi) is 3.45. The summed E-state index contributed by atoms with van der Waals surface area (Å²) in [6.07, 6.45) is 0.619. The van der Waals surface area contributed by atoms with Crippen LogP contribution in [0.1, 0.15) is 5.56 Å². The molecule has 0 fully saturated rings. The largest absolute Gasteiger partial charge is 0.399 e. The van der Waals surface area contributed by atoms with E-state index in [1.165, 1.54) is 0 Å². The predicted molar refractivity (Wildman–Crippen MR) is 50.8 cm³/mol. The third kappa shape index (κ3) is 3.71. The number of nitrogens with zero attached hydrogens (tertiary/aromatic N) is 1. The van der Waals surface area contributed by atoms with Crippen molar-refractivity contribution >= 4 is 16.2 Å². The Morgan fingerprint density at radius 2 is 1.85 bits per heavy atom. The topological polar surface area (TPSA) is 72.5 Å². The molecule has 0 radical (unpaired) electrons. The molecule has 2 N–H and O–H groups in total. The third-order valence-electron chi connectivity index (χ3n) is 1.58. The van der Waals surface area contributed by atoms with Gasteiger partial charge in [-0.15, -0.1) is 0 Å². The number of hydrogen-bond donors (Lipinski definition) is 1. The first-order chi connectivity index (χ1) is 6.18. The zero-order valence-electron chi connectivity index (χ0n) is 6.97. The van der Waals surface area contributed by atoms with E-state index in [0.717, 1.165) is 5.56 Å². The number of benzene rings is 1. The quantitative estimate of drug-likeness (QED) is 0.732. The summed E-state index contributed by atoms with van der Waals surface area (Å²) >= 11 is 0. The highest BCUT2D eigenvalue weighted by molar-refractivity contribution is 7.61. The molecule has 0 heterocycles. The summed E-state index contributed by atoms with van der Waals surface area (Å²) in [5.41, 5.74) is 7.21. The molecule has 1 rings (SSSR count). The van der Waals surface area contributed by atoms with Gasteiger partial charge in [-0.05, 0) is 24.1 Å². The van der Waals surface area contributed by atoms with Crippen LogP contribution in [0.25, 0.3) is 0 Å². The zero-order chi connectivity index (χ0) is 9.68. The van der Waals surface area contributed by atoms with Crippen molar-refractivity contribution in [2.45, 2.75) is 6.42 Å². The summed E-state index contributed by atoms with van der Waals surface area (Å²) in [4.78, 5) is 0. The lowest BCUT2D eigenvalue weighted by Crippen LogP contribution is -1.90. The molecule has 0 aliphatic carbocycles. The molecule has 0 saturated carbocycles. The second-order valence-electron chi connectivity index (χ2n) is 2.56. The fraction of sp³-hybridized carbons (Fsp3) is 0.250. The molecular weight excluding hydrogens is 188 g/mol. The van der Waals surface area contributed by atoms with Crippen molar-refractivity contribution in [1.82, 2.24) is 0 Å². The van der Waals surface area contributed by atoms with E-state index >= 15 is 0 Å². The van der Waals surface area contributed by atoms with E-state index < -0.39 is 10.5 Å². The minimum atomic E-state index is -2.29. The minimum absolute atomic E-state index is 0.292. The maximum Gasteiger partial charge on any atom is 0.311 e. The number of nitrogens with two attached hydrogens (primary N) is 1. The van der Waals surface area contributed by atoms with Crippen molar-refractivity contribution in [2.75, 3.05) is 12.3 Å². The smallest absolute Gasteiger partial charge is 0.311 e. The lowest BCUT2D eigenvalue weighted by atomic mass is 10.1. The Hall–Kier alpha value is -1.36. The Balaban J connectivity index is 2.55. The van der Waals surface area contributed by atoms with Gasteiger partial charge in [0.25, 0.3) is 0 Å². The molecule has 70 valence electrons. The zero-order valence-corrected chi connectivity index (χ0v) is 7.79. The lowest BCUT2D eigenvalue weighted by molar-refractivity contribution is 0.620. The van der Waals surface area contributed by atoms with E-state index in [4.69, 9.17) is 5.73 Å². The van der Waals surface area contributed by atoms with E-state index in [-0.39, 0.29) is 0 Å². The minimum Gasteiger partial charge on any atom is -0.399 e. The molecule has 13 heavy (non-hydrogen) atoms. The van der Waals surface area contributed by atoms with Crippen LogP contribution >= 0.6 is 0 Å². The first kappa shape index (κ1) is 9.73. The van der Waals surface area contributed by atoms with Crippen LogP contribution in [0.2, 0.25) is 0 Å². The molecule has 0 saturated heterocycles. The van der Waals surface area contributed by atoms with Crippen LogP contribution in [0.15, 0.2) is 28.6 Å². The van der Waals surface area contributed by atoms with Gasteiger partial charge in [0, 0.05) is 5.69 Å². The van der Waals surface area contributed by atoms with E-state index in [2.05, 4.69) is 4.36 Å². The molecule has 0 bridgehead atoms. The molecule has 0 amide bonds. The average molecular weight is 198 g/mol. The highest BCUT2D eigenvalue weighted by Crippen LogP contribution is 2.05. The monoisotopic (exact) mass is 198 g/mol. The van der Waals surface area contributed by atoms with E-state index in [1.807, 2.05) is 12.1 Å². The van der Waals surface area contributed by atoms with Crippen molar-refractivity contribution in [3.05, 3.63) is 29.8 Å². The second kappa shape index (κ2) is 4.61. The highest BCUT2D eigenvalue weighted by Gasteiger charge is 1.91. The van der Waals surface area contributed by atoms with E-state index in [9.17, 15) is 8.42 Å². The van der Waals surface area contributed by atoms with Crippen LogP contribution in [0.5, 0.6) is 0 Å². The van der Waals surface area contributed by atoms with Crippen LogP contribution in [-0.2, 0) is 16.9 Å². The van der Waals surface area contributed by atoms with Crippen LogP contribution < -0.4 is 5.73 Å². The van der Waals surface area contributed by atoms with Crippen LogP contribution in [0.3, 0.4) is 0 Å². The van der Waals surface area contributed by atoms with Gasteiger partial charge < -0.3 is 5.73 Å². The molecule has 5 heteroatoms. The van der Waals surface area contributed by atoms with Gasteiger partial charge in [0.1, 0.15) is 0 Å². The SMILES string of the molecule is Nc1ccc(CCN=S(=O)=O)cc1. The first-order valence-corrected chi connectivity index (χ1v) is 4.83. The molecule has 1 aromatic rings. The van der Waals surface area contributed by atoms with Gasteiger partial charge in [-0.25, -0.2) is 0 Å². The van der Waals surface area contributed by atoms with Gasteiger partial charge in [-0.3, -0.25) is 0 Å². The Morgan fingerprint density at radius 1 is 1.23 bits per heavy atom. The molecule has 0 aromatic heterocycles. The molecule has 0 aliphatic rings. The van der Waals surface area contributed by atoms with Gasteiger partial charge in [-0.2, -0.15) is 12.8 Å². The lowest BCUT2D eigenvalue weighted by Gasteiger charge is -1.97. The summed E-state index contributed by atoms with van der Waals surface area (Å²) in [5.74, 6) is 0. The number of hydrogen-bond acceptors (Lipinski definition) is 4. The highest BCUT2D eigenvalue weighted by atomic mass is 32.2. The summed E-state index contributed by atoms with van der Waals surface area (Å²) in [6, 6.07) is 7.28. The Morgan fingerprint density at radius 3 is 2.38 bits per heavy atom. The van der Waals surface area contributed by atoms with E-state index in [0.29, 0.717) is 18.7 Å². The second-order valence-corrected chi connectivity index (χ2v) is 3.25. The maximum atomic E-state index is 10.1. The fourth-order valence-corrected chi connectivity index (χ4v) is 1.17. The molecule has 0 spiro atoms. The first-order valence-electron chi connectivity index (χ1n) is 3.80. The molecule has 4 nitrogen and oxygen atoms in total. The summed E-state index contributed by atoms with van der Waals surface area (Å²) in [6.45, 7) is 0.292. The van der Waals surface area contributed by atoms with Crippen molar-refractivity contribution < 1.29 is 8.42 Å². The number of rotatable bonds is 3. The Bertz CT molecular complexity index is 387. The van der Waals surface area contributed by atoms with Gasteiger partial charge in [-0.1, -0.05) is 12.1 Å². The van der Waals surface area contributed by atoms with E-state index in [1.54, 1.807) is 12.1 Å². The summed E-state index contributed by atoms with van der Waals surface area (Å²) in [7, 11) is -2.29. The maximum absolute atomic E-state index is 10.1. The molecule has 0 unspecified atom stereocenters. The predicted octanol–water partition coefficient (Wildman–Crippen LogP) is 0.874. The van der Waals surface area contributed by atoms with Gasteiger partial charge in [0.2, 0.25) is 0 Å². The molecule has 1 aromatic carbocycles. The van der Waals surface area contributed by atoms with Gasteiger partial charge in [0.05, 0.1) is 6.54 Å². The van der Waals surface area contributed by atoms with Crippen molar-refractivity contribution in [3.63, 3.8) is 0 Å². The number of nitrogen functional groups attached to an aromatic ring is 1. The third-order valence-corrected chi connectivity index (χ3v) is 1.97. The van der Waals surface area contributed by atoms with Gasteiger partial charge in [0.15, 0.2) is 0 Å². The van der Waals surface area contributed by atoms with Crippen LogP contribution in [0.4, 0.5) is 5.69 Å². The average Bonchev–Trinajstić information content (AvgIpc) is 2.08. The standard InChI is InChI=1S/C8H10N2O2S/c9-8-3-1-7(2-4-8)5-6-10-13(11)12/h1-4H,5-6,9H2. The van der Waals surface area contributed by atoms with Crippen molar-refractivity contribution in [1.29, 1.82) is 0 Å². The number of anilines is 1. The molecule has 0 atom stereocenters. The summed E-state index contributed by atoms with van der Waals surface area (Å²) in [5, 5.41) is 0. The van der Waals surface area contributed by atoms with Crippen LogP contribution in [0, 0.1) is 0 Å². The van der Waals surface area contributed by atoms with Crippen molar-refractivity contribution in [2.24, 2.45) is 4.36 Å². The van der Waals surface area contributed by atoms with Crippen molar-refractivity contribution in [3.8, 4) is 0 Å². The normalized spacial score (nSPS) is 9.54. The molecular formula is C8H10N2O2S. The van der Waals surface area contributed by atoms with Gasteiger partial charge >= 0.3 is 10.5 Å².